The lowest BCUT2D eigenvalue weighted by molar-refractivity contribution is -0.168. The Morgan fingerprint density at radius 2 is 1.88 bits per heavy atom. The third kappa shape index (κ3) is 2.19. The molecule has 0 bridgehead atoms. The van der Waals surface area contributed by atoms with E-state index < -0.39 is 5.60 Å². The van der Waals surface area contributed by atoms with E-state index in [2.05, 4.69) is 29.8 Å². The molecule has 0 aromatic rings. The number of ketones is 2. The molecule has 0 spiro atoms. The number of rotatable bonds is 1. The van der Waals surface area contributed by atoms with Crippen LogP contribution in [0.3, 0.4) is 0 Å². The number of carbonyl (C=O) groups excluding carboxylic acids is 2. The molecule has 3 nitrogen and oxygen atoms in total. The van der Waals surface area contributed by atoms with Crippen LogP contribution in [0.2, 0.25) is 0 Å². The third-order valence-corrected chi connectivity index (χ3v) is 10.2. The van der Waals surface area contributed by atoms with Crippen molar-refractivity contribution in [3.63, 3.8) is 0 Å². The minimum Gasteiger partial charge on any atom is -0.380 e. The lowest BCUT2D eigenvalue weighted by atomic mass is 9.44. The van der Waals surface area contributed by atoms with E-state index in [0.717, 1.165) is 51.4 Å². The maximum atomic E-state index is 12.4. The van der Waals surface area contributed by atoms with Crippen LogP contribution in [0.1, 0.15) is 72.1 Å². The summed E-state index contributed by atoms with van der Waals surface area (Å²) in [7, 11) is 0. The van der Waals surface area contributed by atoms with Crippen molar-refractivity contribution in [2.45, 2.75) is 82.6 Å². The molecule has 0 aromatic heterocycles. The van der Waals surface area contributed by atoms with Crippen molar-refractivity contribution in [1.82, 2.24) is 0 Å². The zero-order valence-corrected chi connectivity index (χ0v) is 17.3. The van der Waals surface area contributed by atoms with Crippen molar-refractivity contribution in [2.75, 3.05) is 0 Å². The molecule has 4 rings (SSSR count). The summed E-state index contributed by atoms with van der Waals surface area (Å²) in [6.07, 6.45) is 7.77. The van der Waals surface area contributed by atoms with Crippen molar-refractivity contribution in [2.24, 2.45) is 34.5 Å². The number of alkyl halides is 1. The largest absolute Gasteiger partial charge is 0.380 e. The van der Waals surface area contributed by atoms with Gasteiger partial charge in [-0.3, -0.25) is 9.59 Å². The van der Waals surface area contributed by atoms with Gasteiger partial charge >= 0.3 is 0 Å². The van der Waals surface area contributed by atoms with Crippen molar-refractivity contribution < 1.29 is 14.7 Å². The highest BCUT2D eigenvalue weighted by Crippen LogP contribution is 2.68. The first kappa shape index (κ1) is 18.2. The van der Waals surface area contributed by atoms with E-state index in [4.69, 9.17) is 0 Å². The number of hydrogen-bond acceptors (Lipinski definition) is 3. The monoisotopic (exact) mass is 410 g/mol. The SMILES string of the molecule is CC(=O)[C@]1(O)C(Br)CC2C3CCC4CC(=O)CC[C@]4(C)C3CC[C@@]21C. The molecule has 140 valence electrons. The van der Waals surface area contributed by atoms with Crippen LogP contribution in [0.15, 0.2) is 0 Å². The van der Waals surface area contributed by atoms with Gasteiger partial charge in [0.1, 0.15) is 11.4 Å². The second kappa shape index (κ2) is 5.64. The van der Waals surface area contributed by atoms with Gasteiger partial charge in [-0.1, -0.05) is 29.8 Å². The molecule has 25 heavy (non-hydrogen) atoms. The van der Waals surface area contributed by atoms with Crippen LogP contribution in [-0.4, -0.2) is 27.1 Å². The highest BCUT2D eigenvalue weighted by Gasteiger charge is 2.69. The Hall–Kier alpha value is -0.220. The second-order valence-corrected chi connectivity index (χ2v) is 11.0. The Labute approximate surface area is 159 Å². The molecule has 0 aliphatic heterocycles. The molecule has 5 unspecified atom stereocenters. The highest BCUT2D eigenvalue weighted by molar-refractivity contribution is 9.09. The van der Waals surface area contributed by atoms with E-state index in [9.17, 15) is 14.7 Å². The van der Waals surface area contributed by atoms with Crippen molar-refractivity contribution in [1.29, 1.82) is 0 Å². The van der Waals surface area contributed by atoms with Gasteiger partial charge in [-0.2, -0.15) is 0 Å². The second-order valence-electron chi connectivity index (χ2n) is 9.88. The lowest BCUT2D eigenvalue weighted by Gasteiger charge is -2.60. The Kier molecular flexibility index (Phi) is 4.10. The lowest BCUT2D eigenvalue weighted by Crippen LogP contribution is -2.59. The molecule has 0 heterocycles. The Balaban J connectivity index is 1.68. The van der Waals surface area contributed by atoms with Gasteiger partial charge in [-0.25, -0.2) is 0 Å². The van der Waals surface area contributed by atoms with Crippen LogP contribution in [0, 0.1) is 34.5 Å². The fourth-order valence-corrected chi connectivity index (χ4v) is 8.90. The van der Waals surface area contributed by atoms with Gasteiger partial charge < -0.3 is 5.11 Å². The maximum absolute atomic E-state index is 12.4. The van der Waals surface area contributed by atoms with E-state index in [1.165, 1.54) is 0 Å². The molecular weight excluding hydrogens is 380 g/mol. The number of Topliss-reactive ketones (excluding diaryl/α,β-unsaturated/α-hetero) is 2. The molecule has 0 amide bonds. The molecule has 4 heteroatoms. The Bertz CT molecular complexity index is 618. The van der Waals surface area contributed by atoms with Crippen LogP contribution in [0.25, 0.3) is 0 Å². The van der Waals surface area contributed by atoms with Gasteiger partial charge in [0.2, 0.25) is 0 Å². The van der Waals surface area contributed by atoms with E-state index in [-0.39, 0.29) is 21.4 Å². The average Bonchev–Trinajstić information content (AvgIpc) is 2.77. The van der Waals surface area contributed by atoms with Crippen LogP contribution in [-0.2, 0) is 9.59 Å². The van der Waals surface area contributed by atoms with Gasteiger partial charge in [0.15, 0.2) is 5.78 Å². The summed E-state index contributed by atoms with van der Waals surface area (Å²) in [6, 6.07) is 0. The predicted octanol–water partition coefficient (Wildman–Crippen LogP) is 4.29. The normalized spacial score (nSPS) is 55.2. The van der Waals surface area contributed by atoms with E-state index in [1.54, 1.807) is 6.92 Å². The summed E-state index contributed by atoms with van der Waals surface area (Å²) in [5, 5.41) is 11.4. The summed E-state index contributed by atoms with van der Waals surface area (Å²) < 4.78 is 0. The molecule has 4 saturated carbocycles. The van der Waals surface area contributed by atoms with Crippen molar-refractivity contribution in [3.05, 3.63) is 0 Å². The molecule has 0 saturated heterocycles. The molecule has 4 fully saturated rings. The zero-order valence-electron chi connectivity index (χ0n) is 15.7. The number of carbonyl (C=O) groups is 2. The third-order valence-electron chi connectivity index (χ3n) is 9.19. The van der Waals surface area contributed by atoms with Crippen LogP contribution in [0.5, 0.6) is 0 Å². The maximum Gasteiger partial charge on any atom is 0.163 e. The van der Waals surface area contributed by atoms with Crippen molar-refractivity contribution >= 4 is 27.5 Å². The number of halogens is 1. The zero-order chi connectivity index (χ0) is 18.2. The van der Waals surface area contributed by atoms with Gasteiger partial charge in [-0.15, -0.1) is 0 Å². The van der Waals surface area contributed by atoms with Gasteiger partial charge in [0.05, 0.1) is 4.83 Å². The molecule has 1 N–H and O–H groups in total. The van der Waals surface area contributed by atoms with Crippen LogP contribution >= 0.6 is 15.9 Å². The number of fused-ring (bicyclic) bond motifs is 5. The minimum atomic E-state index is -1.23. The number of aliphatic hydroxyl groups is 1. The highest BCUT2D eigenvalue weighted by atomic mass is 79.9. The standard InChI is InChI=1S/C21H31BrO3/c1-12(23)21(25)18(22)11-17-15-5-4-13-10-14(24)6-8-19(13,2)16(15)7-9-20(17,21)3/h13,15-18,25H,4-11H2,1-3H3/t13?,15?,16?,17?,18?,19-,20-,21-/m0/s1. The van der Waals surface area contributed by atoms with Crippen LogP contribution in [0.4, 0.5) is 0 Å². The van der Waals surface area contributed by atoms with Gasteiger partial charge in [0, 0.05) is 18.3 Å². The first-order valence-corrected chi connectivity index (χ1v) is 11.0. The average molecular weight is 411 g/mol. The fourth-order valence-electron chi connectivity index (χ4n) is 7.65. The quantitative estimate of drug-likeness (QED) is 0.655. The molecule has 4 aliphatic carbocycles. The number of hydrogen-bond donors (Lipinski definition) is 1. The fraction of sp³-hybridized carbons (Fsp3) is 0.905. The summed E-state index contributed by atoms with van der Waals surface area (Å²) in [5.41, 5.74) is -1.28. The molecule has 0 aromatic carbocycles. The summed E-state index contributed by atoms with van der Waals surface area (Å²) >= 11 is 3.68. The first-order chi connectivity index (χ1) is 11.6. The summed E-state index contributed by atoms with van der Waals surface area (Å²) in [5.74, 6) is 2.55. The summed E-state index contributed by atoms with van der Waals surface area (Å²) in [6.45, 7) is 6.15. The van der Waals surface area contributed by atoms with Gasteiger partial charge in [0.25, 0.3) is 0 Å². The first-order valence-electron chi connectivity index (χ1n) is 10.0. The van der Waals surface area contributed by atoms with E-state index in [0.29, 0.717) is 29.5 Å². The molecule has 0 radical (unpaired) electrons. The molecule has 4 aliphatic rings. The van der Waals surface area contributed by atoms with E-state index in [1.807, 2.05) is 0 Å². The van der Waals surface area contributed by atoms with Crippen molar-refractivity contribution in [3.8, 4) is 0 Å². The Morgan fingerprint density at radius 1 is 1.16 bits per heavy atom. The Morgan fingerprint density at radius 3 is 2.56 bits per heavy atom. The topological polar surface area (TPSA) is 54.4 Å². The smallest absolute Gasteiger partial charge is 0.163 e. The predicted molar refractivity (Wildman–Crippen MR) is 100 cm³/mol. The molecule has 8 atom stereocenters. The molecular formula is C21H31BrO3. The van der Waals surface area contributed by atoms with Gasteiger partial charge in [-0.05, 0) is 74.5 Å². The van der Waals surface area contributed by atoms with E-state index >= 15 is 0 Å². The summed E-state index contributed by atoms with van der Waals surface area (Å²) in [4.78, 5) is 24.3. The van der Waals surface area contributed by atoms with Crippen LogP contribution < -0.4 is 0 Å². The minimum absolute atomic E-state index is 0.0824.